The maximum absolute atomic E-state index is 12.7. The quantitative estimate of drug-likeness (QED) is 0.464. The van der Waals surface area contributed by atoms with Crippen molar-refractivity contribution in [2.75, 3.05) is 5.73 Å². The molecule has 0 saturated carbocycles. The van der Waals surface area contributed by atoms with Crippen molar-refractivity contribution in [2.45, 2.75) is 13.5 Å². The zero-order valence-corrected chi connectivity index (χ0v) is 16.4. The highest BCUT2D eigenvalue weighted by atomic mass is 16.5. The number of pyridine rings is 1. The minimum Gasteiger partial charge on any atom is -0.457 e. The summed E-state index contributed by atoms with van der Waals surface area (Å²) in [6.07, 6.45) is 0. The van der Waals surface area contributed by atoms with Gasteiger partial charge in [0.25, 0.3) is 0 Å². The Labute approximate surface area is 172 Å². The van der Waals surface area contributed by atoms with E-state index >= 15 is 0 Å². The summed E-state index contributed by atoms with van der Waals surface area (Å²) in [5.41, 5.74) is 10.1. The Balaban J connectivity index is 1.49. The Hall–Kier alpha value is -4.06. The number of nitrogen functional groups attached to an aromatic ring is 1. The third-order valence-electron chi connectivity index (χ3n) is 5.16. The number of benzene rings is 3. The van der Waals surface area contributed by atoms with E-state index in [1.54, 1.807) is 4.57 Å². The first-order valence-corrected chi connectivity index (χ1v) is 9.69. The molecule has 5 rings (SSSR count). The van der Waals surface area contributed by atoms with Crippen LogP contribution >= 0.6 is 0 Å². The van der Waals surface area contributed by atoms with E-state index in [-0.39, 0.29) is 5.69 Å². The van der Waals surface area contributed by atoms with Crippen molar-refractivity contribution >= 4 is 27.8 Å². The number of nitrogens with one attached hydrogen (secondary N) is 1. The fourth-order valence-corrected chi connectivity index (χ4v) is 3.63. The van der Waals surface area contributed by atoms with Crippen LogP contribution in [0.2, 0.25) is 0 Å². The molecule has 0 atom stereocenters. The fraction of sp³-hybridized carbons (Fsp3) is 0.0833. The van der Waals surface area contributed by atoms with Crippen LogP contribution in [0.1, 0.15) is 11.1 Å². The summed E-state index contributed by atoms with van der Waals surface area (Å²) in [7, 11) is 0. The molecule has 0 amide bonds. The van der Waals surface area contributed by atoms with Crippen LogP contribution in [0.4, 0.5) is 5.82 Å². The summed E-state index contributed by atoms with van der Waals surface area (Å²) in [6.45, 7) is 2.45. The first kappa shape index (κ1) is 18.0. The molecule has 0 fully saturated rings. The van der Waals surface area contributed by atoms with Gasteiger partial charge in [-0.05, 0) is 42.8 Å². The molecule has 6 heteroatoms. The van der Waals surface area contributed by atoms with Crippen LogP contribution in [0, 0.1) is 6.92 Å². The lowest BCUT2D eigenvalue weighted by Crippen LogP contribution is -2.17. The van der Waals surface area contributed by atoms with Gasteiger partial charge in [0.1, 0.15) is 22.8 Å². The highest BCUT2D eigenvalue weighted by Gasteiger charge is 2.14. The number of imidazole rings is 1. The van der Waals surface area contributed by atoms with E-state index in [1.165, 1.54) is 5.56 Å². The number of rotatable bonds is 4. The molecule has 0 saturated heterocycles. The smallest absolute Gasteiger partial charge is 0.326 e. The van der Waals surface area contributed by atoms with Gasteiger partial charge >= 0.3 is 5.69 Å². The van der Waals surface area contributed by atoms with Crippen LogP contribution in [0.3, 0.4) is 0 Å². The van der Waals surface area contributed by atoms with Gasteiger partial charge in [0.15, 0.2) is 0 Å². The predicted octanol–water partition coefficient (Wildman–Crippen LogP) is 4.61. The van der Waals surface area contributed by atoms with E-state index in [4.69, 9.17) is 10.5 Å². The van der Waals surface area contributed by atoms with Gasteiger partial charge < -0.3 is 15.5 Å². The second kappa shape index (κ2) is 7.08. The summed E-state index contributed by atoms with van der Waals surface area (Å²) in [5, 5.41) is 0.888. The molecule has 3 aromatic carbocycles. The second-order valence-electron chi connectivity index (χ2n) is 7.31. The molecule has 2 heterocycles. The number of nitrogens with zero attached hydrogens (tertiary/aromatic N) is 2. The number of para-hydroxylation sites is 1. The minimum absolute atomic E-state index is 0.213. The fourth-order valence-electron chi connectivity index (χ4n) is 3.63. The van der Waals surface area contributed by atoms with Gasteiger partial charge in [-0.15, -0.1) is 0 Å². The molecule has 0 aliphatic carbocycles. The highest BCUT2D eigenvalue weighted by molar-refractivity contribution is 6.06. The van der Waals surface area contributed by atoms with Crippen molar-refractivity contribution < 1.29 is 4.74 Å². The first-order valence-electron chi connectivity index (χ1n) is 9.69. The van der Waals surface area contributed by atoms with Crippen LogP contribution < -0.4 is 16.2 Å². The molecule has 5 aromatic rings. The number of aryl methyl sites for hydroxylation is 1. The average molecular weight is 396 g/mol. The summed E-state index contributed by atoms with van der Waals surface area (Å²) in [4.78, 5) is 19.9. The predicted molar refractivity (Wildman–Crippen MR) is 119 cm³/mol. The van der Waals surface area contributed by atoms with Crippen molar-refractivity contribution in [3.8, 4) is 11.5 Å². The van der Waals surface area contributed by atoms with Crippen LogP contribution in [0.15, 0.2) is 77.6 Å². The molecule has 0 aliphatic heterocycles. The Morgan fingerprint density at radius 2 is 1.63 bits per heavy atom. The maximum Gasteiger partial charge on any atom is 0.326 e. The lowest BCUT2D eigenvalue weighted by Gasteiger charge is -2.09. The molecular formula is C24H20N4O2. The van der Waals surface area contributed by atoms with Gasteiger partial charge in [-0.1, -0.05) is 48.0 Å². The highest BCUT2D eigenvalue weighted by Crippen LogP contribution is 2.27. The number of ether oxygens (including phenoxy) is 1. The van der Waals surface area contributed by atoms with E-state index in [2.05, 4.69) is 9.97 Å². The molecule has 0 unspecified atom stereocenters. The molecule has 148 valence electrons. The van der Waals surface area contributed by atoms with Gasteiger partial charge in [0, 0.05) is 5.39 Å². The largest absolute Gasteiger partial charge is 0.457 e. The van der Waals surface area contributed by atoms with Gasteiger partial charge in [0.05, 0.1) is 17.6 Å². The van der Waals surface area contributed by atoms with Crippen molar-refractivity contribution in [2.24, 2.45) is 0 Å². The second-order valence-corrected chi connectivity index (χ2v) is 7.31. The third kappa shape index (κ3) is 3.18. The maximum atomic E-state index is 12.7. The lowest BCUT2D eigenvalue weighted by molar-refractivity contribution is 0.482. The van der Waals surface area contributed by atoms with E-state index in [0.29, 0.717) is 17.9 Å². The van der Waals surface area contributed by atoms with Gasteiger partial charge in [-0.2, -0.15) is 0 Å². The van der Waals surface area contributed by atoms with Crippen molar-refractivity contribution in [1.29, 1.82) is 0 Å². The average Bonchev–Trinajstić information content (AvgIpc) is 3.08. The van der Waals surface area contributed by atoms with Gasteiger partial charge in [-0.3, -0.25) is 4.57 Å². The van der Waals surface area contributed by atoms with E-state index in [9.17, 15) is 4.79 Å². The summed E-state index contributed by atoms with van der Waals surface area (Å²) >= 11 is 0. The minimum atomic E-state index is -0.213. The Kier molecular flexibility index (Phi) is 4.25. The third-order valence-corrected chi connectivity index (χ3v) is 5.16. The monoisotopic (exact) mass is 396 g/mol. The van der Waals surface area contributed by atoms with Crippen LogP contribution in [0.25, 0.3) is 21.9 Å². The Morgan fingerprint density at radius 3 is 2.37 bits per heavy atom. The number of aromatic amines is 1. The standard InChI is InChI=1S/C24H20N4O2/c1-15-6-10-17(11-7-15)30-18-12-8-16(9-13-18)14-28-22-19-4-2-3-5-20(19)26-23(25)21(22)27-24(28)29/h2-13H,14H2,1H3,(H2,25,26)(H,27,29). The molecular weight excluding hydrogens is 376 g/mol. The summed E-state index contributed by atoms with van der Waals surface area (Å²) in [6, 6.07) is 23.3. The molecule has 0 bridgehead atoms. The van der Waals surface area contributed by atoms with Crippen LogP contribution in [-0.2, 0) is 6.54 Å². The van der Waals surface area contributed by atoms with E-state index in [0.717, 1.165) is 33.5 Å². The molecule has 0 spiro atoms. The summed E-state index contributed by atoms with van der Waals surface area (Å²) in [5.74, 6) is 1.85. The number of hydrogen-bond donors (Lipinski definition) is 2. The number of nitrogens with two attached hydrogens (primary N) is 1. The zero-order chi connectivity index (χ0) is 20.7. The van der Waals surface area contributed by atoms with Gasteiger partial charge in [-0.25, -0.2) is 9.78 Å². The Bertz CT molecular complexity index is 1410. The van der Waals surface area contributed by atoms with Crippen molar-refractivity contribution in [3.05, 3.63) is 94.4 Å². The number of hydrogen-bond acceptors (Lipinski definition) is 4. The van der Waals surface area contributed by atoms with Gasteiger partial charge in [0.2, 0.25) is 0 Å². The van der Waals surface area contributed by atoms with Crippen molar-refractivity contribution in [1.82, 2.24) is 14.5 Å². The number of H-pyrrole nitrogens is 1. The van der Waals surface area contributed by atoms with E-state index < -0.39 is 0 Å². The Morgan fingerprint density at radius 1 is 0.967 bits per heavy atom. The van der Waals surface area contributed by atoms with Crippen LogP contribution in [0.5, 0.6) is 11.5 Å². The molecule has 0 aliphatic rings. The molecule has 2 aromatic heterocycles. The topological polar surface area (TPSA) is 85.9 Å². The molecule has 3 N–H and O–H groups in total. The molecule has 0 radical (unpaired) electrons. The molecule has 30 heavy (non-hydrogen) atoms. The SMILES string of the molecule is Cc1ccc(Oc2ccc(Cn3c(=O)[nH]c4c(N)nc5ccccc5c43)cc2)cc1. The van der Waals surface area contributed by atoms with E-state index in [1.807, 2.05) is 79.7 Å². The number of anilines is 1. The number of fused-ring (bicyclic) bond motifs is 3. The summed E-state index contributed by atoms with van der Waals surface area (Å²) < 4.78 is 7.59. The zero-order valence-electron chi connectivity index (χ0n) is 16.4. The lowest BCUT2D eigenvalue weighted by atomic mass is 10.1. The van der Waals surface area contributed by atoms with Crippen LogP contribution in [-0.4, -0.2) is 14.5 Å². The normalized spacial score (nSPS) is 11.2. The number of aromatic nitrogens is 3. The van der Waals surface area contributed by atoms with Crippen molar-refractivity contribution in [3.63, 3.8) is 0 Å². The first-order chi connectivity index (χ1) is 14.6. The molecule has 6 nitrogen and oxygen atoms in total.